The zero-order valence-electron chi connectivity index (χ0n) is 13.2. The number of rotatable bonds is 3. The average molecular weight is 304 g/mol. The van der Waals surface area contributed by atoms with E-state index in [1.807, 2.05) is 13.0 Å². The lowest BCUT2D eigenvalue weighted by Gasteiger charge is -2.34. The molecule has 2 heterocycles. The van der Waals surface area contributed by atoms with Gasteiger partial charge in [0.1, 0.15) is 11.5 Å². The normalized spacial score (nSPS) is 19.7. The summed E-state index contributed by atoms with van der Waals surface area (Å²) in [5.41, 5.74) is 1.16. The van der Waals surface area contributed by atoms with Gasteiger partial charge < -0.3 is 19.8 Å². The lowest BCUT2D eigenvalue weighted by molar-refractivity contribution is -0.388. The molecule has 0 unspecified atom stereocenters. The van der Waals surface area contributed by atoms with Gasteiger partial charge in [0, 0.05) is 19.0 Å². The smallest absolute Gasteiger partial charge is 0.406 e. The van der Waals surface area contributed by atoms with Gasteiger partial charge in [-0.3, -0.25) is 4.57 Å². The molecule has 0 saturated carbocycles. The minimum absolute atomic E-state index is 0.0229. The molecule has 1 aliphatic carbocycles. The first kappa shape index (κ1) is 14.6. The highest BCUT2D eigenvalue weighted by Crippen LogP contribution is 2.44. The zero-order chi connectivity index (χ0) is 16.1. The van der Waals surface area contributed by atoms with Gasteiger partial charge in [-0.05, 0) is 34.7 Å². The Kier molecular flexibility index (Phi) is 3.23. The van der Waals surface area contributed by atoms with Crippen molar-refractivity contribution in [2.24, 2.45) is 12.5 Å². The molecule has 2 aromatic rings. The average Bonchev–Trinajstić information content (AvgIpc) is 2.92. The van der Waals surface area contributed by atoms with Gasteiger partial charge in [-0.1, -0.05) is 13.8 Å². The molecule has 22 heavy (non-hydrogen) atoms. The lowest BCUT2D eigenvalue weighted by atomic mass is 9.75. The molecule has 1 N–H and O–H groups in total. The van der Waals surface area contributed by atoms with Gasteiger partial charge in [0.05, 0.1) is 6.04 Å². The van der Waals surface area contributed by atoms with Crippen LogP contribution in [-0.4, -0.2) is 14.5 Å². The van der Waals surface area contributed by atoms with E-state index in [-0.39, 0.29) is 17.3 Å². The Labute approximate surface area is 128 Å². The number of nitro groups is 1. The van der Waals surface area contributed by atoms with Crippen molar-refractivity contribution < 1.29 is 9.34 Å². The third-order valence-electron chi connectivity index (χ3n) is 4.14. The summed E-state index contributed by atoms with van der Waals surface area (Å²) in [4.78, 5) is 14.5. The van der Waals surface area contributed by atoms with Crippen LogP contribution in [0.15, 0.2) is 16.8 Å². The van der Waals surface area contributed by atoms with Crippen LogP contribution >= 0.6 is 0 Å². The molecule has 7 nitrogen and oxygen atoms in total. The maximum Gasteiger partial charge on any atom is 0.406 e. The molecule has 1 aliphatic rings. The number of aromatic nitrogens is 2. The van der Waals surface area contributed by atoms with E-state index in [0.29, 0.717) is 5.82 Å². The fraction of sp³-hybridized carbons (Fsp3) is 0.533. The number of hydrogen-bond acceptors (Lipinski definition) is 5. The van der Waals surface area contributed by atoms with Gasteiger partial charge in [-0.2, -0.15) is 0 Å². The van der Waals surface area contributed by atoms with Gasteiger partial charge in [0.15, 0.2) is 0 Å². The third-order valence-corrected chi connectivity index (χ3v) is 4.14. The molecule has 0 fully saturated rings. The van der Waals surface area contributed by atoms with Crippen LogP contribution < -0.4 is 5.32 Å². The SMILES string of the molecule is Cc1cc2c(o1)CC(C)(C)C[C@@H]2Nc1c([N+](=O)[O-])ncn1C. The number of aryl methyl sites for hydroxylation is 2. The number of anilines is 1. The summed E-state index contributed by atoms with van der Waals surface area (Å²) in [5.74, 6) is 2.12. The van der Waals surface area contributed by atoms with Crippen molar-refractivity contribution in [1.82, 2.24) is 9.55 Å². The Morgan fingerprint density at radius 1 is 1.55 bits per heavy atom. The minimum atomic E-state index is -0.460. The molecule has 0 aromatic carbocycles. The monoisotopic (exact) mass is 304 g/mol. The van der Waals surface area contributed by atoms with Gasteiger partial charge in [-0.25, -0.2) is 0 Å². The fourth-order valence-corrected chi connectivity index (χ4v) is 3.20. The first-order valence-electron chi connectivity index (χ1n) is 7.28. The molecule has 3 rings (SSSR count). The van der Waals surface area contributed by atoms with E-state index in [1.165, 1.54) is 6.33 Å². The second-order valence-electron chi connectivity index (χ2n) is 6.76. The topological polar surface area (TPSA) is 86.1 Å². The molecule has 0 radical (unpaired) electrons. The highest BCUT2D eigenvalue weighted by Gasteiger charge is 2.36. The first-order chi connectivity index (χ1) is 10.3. The number of nitrogens with one attached hydrogen (secondary N) is 1. The van der Waals surface area contributed by atoms with Crippen LogP contribution in [0.3, 0.4) is 0 Å². The molecule has 0 saturated heterocycles. The summed E-state index contributed by atoms with van der Waals surface area (Å²) in [5, 5.41) is 14.4. The van der Waals surface area contributed by atoms with Gasteiger partial charge in [0.25, 0.3) is 0 Å². The molecular weight excluding hydrogens is 284 g/mol. The van der Waals surface area contributed by atoms with Crippen LogP contribution in [0.5, 0.6) is 0 Å². The second kappa shape index (κ2) is 4.86. The van der Waals surface area contributed by atoms with Crippen LogP contribution in [0, 0.1) is 22.5 Å². The van der Waals surface area contributed by atoms with Gasteiger partial charge in [-0.15, -0.1) is 0 Å². The zero-order valence-corrected chi connectivity index (χ0v) is 13.2. The number of imidazole rings is 1. The van der Waals surface area contributed by atoms with Crippen LogP contribution in [0.2, 0.25) is 0 Å². The van der Waals surface area contributed by atoms with Crippen LogP contribution in [-0.2, 0) is 13.5 Å². The summed E-state index contributed by atoms with van der Waals surface area (Å²) in [6.45, 7) is 6.29. The van der Waals surface area contributed by atoms with E-state index in [4.69, 9.17) is 4.42 Å². The van der Waals surface area contributed by atoms with E-state index >= 15 is 0 Å². The molecule has 1 atom stereocenters. The van der Waals surface area contributed by atoms with E-state index in [1.54, 1.807) is 11.6 Å². The minimum Gasteiger partial charge on any atom is -0.466 e. The van der Waals surface area contributed by atoms with E-state index in [9.17, 15) is 10.1 Å². The largest absolute Gasteiger partial charge is 0.466 e. The predicted octanol–water partition coefficient (Wildman–Crippen LogP) is 3.36. The number of fused-ring (bicyclic) bond motifs is 1. The van der Waals surface area contributed by atoms with Crippen LogP contribution in [0.1, 0.15) is 43.4 Å². The molecule has 118 valence electrons. The van der Waals surface area contributed by atoms with Crippen molar-refractivity contribution in [2.45, 2.75) is 39.7 Å². The van der Waals surface area contributed by atoms with Crippen molar-refractivity contribution in [1.29, 1.82) is 0 Å². The number of hydrogen-bond donors (Lipinski definition) is 1. The summed E-state index contributed by atoms with van der Waals surface area (Å²) in [6.07, 6.45) is 3.21. The Bertz CT molecular complexity index is 729. The molecule has 0 bridgehead atoms. The van der Waals surface area contributed by atoms with Gasteiger partial charge >= 0.3 is 5.82 Å². The van der Waals surface area contributed by atoms with Crippen molar-refractivity contribution in [3.8, 4) is 0 Å². The second-order valence-corrected chi connectivity index (χ2v) is 6.76. The molecule has 7 heteroatoms. The van der Waals surface area contributed by atoms with Crippen molar-refractivity contribution in [3.63, 3.8) is 0 Å². The summed E-state index contributed by atoms with van der Waals surface area (Å²) in [7, 11) is 1.75. The Morgan fingerprint density at radius 2 is 2.27 bits per heavy atom. The Morgan fingerprint density at radius 3 is 2.95 bits per heavy atom. The Balaban J connectivity index is 1.99. The number of furan rings is 1. The fourth-order valence-electron chi connectivity index (χ4n) is 3.20. The van der Waals surface area contributed by atoms with E-state index in [0.717, 1.165) is 29.9 Å². The van der Waals surface area contributed by atoms with Gasteiger partial charge in [0.2, 0.25) is 12.1 Å². The highest BCUT2D eigenvalue weighted by atomic mass is 16.6. The lowest BCUT2D eigenvalue weighted by Crippen LogP contribution is -2.29. The van der Waals surface area contributed by atoms with Crippen molar-refractivity contribution in [3.05, 3.63) is 39.6 Å². The van der Waals surface area contributed by atoms with E-state index in [2.05, 4.69) is 24.1 Å². The molecule has 2 aromatic heterocycles. The predicted molar refractivity (Wildman–Crippen MR) is 81.8 cm³/mol. The molecular formula is C15H20N4O3. The summed E-state index contributed by atoms with van der Waals surface area (Å²) < 4.78 is 7.45. The number of nitrogens with zero attached hydrogens (tertiary/aromatic N) is 3. The van der Waals surface area contributed by atoms with Crippen LogP contribution in [0.25, 0.3) is 0 Å². The summed E-state index contributed by atoms with van der Waals surface area (Å²) in [6, 6.07) is 2.00. The maximum atomic E-state index is 11.1. The summed E-state index contributed by atoms with van der Waals surface area (Å²) >= 11 is 0. The molecule has 0 aliphatic heterocycles. The van der Waals surface area contributed by atoms with Crippen LogP contribution in [0.4, 0.5) is 11.6 Å². The van der Waals surface area contributed by atoms with Crippen molar-refractivity contribution in [2.75, 3.05) is 5.32 Å². The standard InChI is InChI=1S/C15H20N4O3/c1-9-5-10-11(6-15(2,3)7-12(10)22-9)17-14-13(19(20)21)16-8-18(14)4/h5,8,11,17H,6-7H2,1-4H3/t11-/m0/s1. The molecule has 0 amide bonds. The highest BCUT2D eigenvalue weighted by molar-refractivity contribution is 5.54. The first-order valence-corrected chi connectivity index (χ1v) is 7.28. The maximum absolute atomic E-state index is 11.1. The molecule has 0 spiro atoms. The Hall–Kier alpha value is -2.31. The van der Waals surface area contributed by atoms with E-state index < -0.39 is 4.92 Å². The third kappa shape index (κ3) is 2.47. The quantitative estimate of drug-likeness (QED) is 0.694. The van der Waals surface area contributed by atoms with Crippen molar-refractivity contribution >= 4 is 11.6 Å².